The standard InChI is InChI=1S/C11H15ClN2O4S2/c1-8-7-19(15,16)5-4-14(8)20(17,18)11-3-2-9(12)6-10(11)13/h2-3,6,8H,4-5,7,13H2,1H3. The van der Waals surface area contributed by atoms with Crippen LogP contribution in [-0.4, -0.2) is 45.2 Å². The number of hydrogen-bond donors (Lipinski definition) is 1. The van der Waals surface area contributed by atoms with Crippen molar-refractivity contribution in [2.75, 3.05) is 23.8 Å². The molecule has 1 atom stereocenters. The Labute approximate surface area is 123 Å². The first-order chi connectivity index (χ1) is 9.13. The number of nitrogen functional groups attached to an aromatic ring is 1. The second kappa shape index (κ2) is 5.18. The molecule has 0 amide bonds. The van der Waals surface area contributed by atoms with E-state index in [0.717, 1.165) is 0 Å². The van der Waals surface area contributed by atoms with Gasteiger partial charge in [0.2, 0.25) is 10.0 Å². The van der Waals surface area contributed by atoms with Crippen LogP contribution in [0.25, 0.3) is 0 Å². The van der Waals surface area contributed by atoms with Gasteiger partial charge in [-0.1, -0.05) is 11.6 Å². The van der Waals surface area contributed by atoms with Crippen molar-refractivity contribution in [1.29, 1.82) is 0 Å². The van der Waals surface area contributed by atoms with Crippen LogP contribution in [0, 0.1) is 0 Å². The van der Waals surface area contributed by atoms with Gasteiger partial charge in [0.25, 0.3) is 0 Å². The number of halogens is 1. The van der Waals surface area contributed by atoms with Gasteiger partial charge < -0.3 is 5.73 Å². The minimum Gasteiger partial charge on any atom is -0.398 e. The SMILES string of the molecule is CC1CS(=O)(=O)CCN1S(=O)(=O)c1ccc(Cl)cc1N. The molecule has 0 aliphatic carbocycles. The summed E-state index contributed by atoms with van der Waals surface area (Å²) < 4.78 is 49.3. The van der Waals surface area contributed by atoms with E-state index in [0.29, 0.717) is 5.02 Å². The summed E-state index contributed by atoms with van der Waals surface area (Å²) in [5.74, 6) is -0.357. The maximum atomic E-state index is 12.5. The van der Waals surface area contributed by atoms with Crippen LogP contribution < -0.4 is 5.73 Å². The summed E-state index contributed by atoms with van der Waals surface area (Å²) >= 11 is 5.75. The molecule has 1 aromatic rings. The van der Waals surface area contributed by atoms with E-state index >= 15 is 0 Å². The second-order valence-corrected chi connectivity index (χ2v) is 9.29. The highest BCUT2D eigenvalue weighted by Gasteiger charge is 2.37. The summed E-state index contributed by atoms with van der Waals surface area (Å²) in [7, 11) is -7.01. The molecule has 2 N–H and O–H groups in total. The molecule has 1 aromatic carbocycles. The number of rotatable bonds is 2. The Morgan fingerprint density at radius 2 is 2.05 bits per heavy atom. The van der Waals surface area contributed by atoms with E-state index in [2.05, 4.69) is 0 Å². The van der Waals surface area contributed by atoms with Gasteiger partial charge in [-0.15, -0.1) is 0 Å². The molecule has 0 saturated carbocycles. The fourth-order valence-corrected chi connectivity index (χ4v) is 5.90. The number of benzene rings is 1. The second-order valence-electron chi connectivity index (χ2n) is 4.76. The van der Waals surface area contributed by atoms with Crippen molar-refractivity contribution >= 4 is 37.1 Å². The van der Waals surface area contributed by atoms with Gasteiger partial charge in [0, 0.05) is 17.6 Å². The highest BCUT2D eigenvalue weighted by molar-refractivity contribution is 7.92. The van der Waals surface area contributed by atoms with Crippen LogP contribution >= 0.6 is 11.6 Å². The molecule has 1 fully saturated rings. The van der Waals surface area contributed by atoms with E-state index in [1.165, 1.54) is 22.5 Å². The van der Waals surface area contributed by atoms with Gasteiger partial charge in [0.1, 0.15) is 4.90 Å². The molecule has 20 heavy (non-hydrogen) atoms. The van der Waals surface area contributed by atoms with Crippen molar-refractivity contribution in [3.8, 4) is 0 Å². The van der Waals surface area contributed by atoms with E-state index in [-0.39, 0.29) is 28.6 Å². The molecular formula is C11H15ClN2O4S2. The summed E-state index contributed by atoms with van der Waals surface area (Å²) in [6.45, 7) is 1.51. The smallest absolute Gasteiger partial charge is 0.245 e. The maximum Gasteiger partial charge on any atom is 0.245 e. The molecule has 6 nitrogen and oxygen atoms in total. The lowest BCUT2D eigenvalue weighted by molar-refractivity contribution is 0.357. The Morgan fingerprint density at radius 3 is 2.60 bits per heavy atom. The van der Waals surface area contributed by atoms with Crippen LogP contribution in [0.4, 0.5) is 5.69 Å². The number of nitrogens with zero attached hydrogens (tertiary/aromatic N) is 1. The third-order valence-corrected chi connectivity index (χ3v) is 7.29. The molecule has 1 heterocycles. The van der Waals surface area contributed by atoms with Crippen molar-refractivity contribution < 1.29 is 16.8 Å². The highest BCUT2D eigenvalue weighted by atomic mass is 35.5. The lowest BCUT2D eigenvalue weighted by atomic mass is 10.3. The molecular weight excluding hydrogens is 324 g/mol. The molecule has 2 rings (SSSR count). The van der Waals surface area contributed by atoms with Gasteiger partial charge in [0.05, 0.1) is 17.2 Å². The fraction of sp³-hybridized carbons (Fsp3) is 0.455. The molecule has 1 saturated heterocycles. The minimum atomic E-state index is -3.82. The average Bonchev–Trinajstić information content (AvgIpc) is 2.26. The van der Waals surface area contributed by atoms with Gasteiger partial charge in [0.15, 0.2) is 9.84 Å². The van der Waals surface area contributed by atoms with Crippen molar-refractivity contribution in [3.63, 3.8) is 0 Å². The third-order valence-electron chi connectivity index (χ3n) is 3.17. The summed E-state index contributed by atoms with van der Waals surface area (Å²) in [5.41, 5.74) is 5.76. The molecule has 0 radical (unpaired) electrons. The van der Waals surface area contributed by atoms with Gasteiger partial charge in [-0.05, 0) is 25.1 Å². The number of anilines is 1. The number of nitrogens with two attached hydrogens (primary N) is 1. The van der Waals surface area contributed by atoms with Gasteiger partial charge >= 0.3 is 0 Å². The van der Waals surface area contributed by atoms with Crippen LogP contribution in [0.1, 0.15) is 6.92 Å². The van der Waals surface area contributed by atoms with Crippen molar-refractivity contribution in [2.24, 2.45) is 0 Å². The summed E-state index contributed by atoms with van der Waals surface area (Å²) in [5, 5.41) is 0.343. The van der Waals surface area contributed by atoms with Crippen LogP contribution in [0.15, 0.2) is 23.1 Å². The molecule has 1 aliphatic heterocycles. The van der Waals surface area contributed by atoms with E-state index in [9.17, 15) is 16.8 Å². The van der Waals surface area contributed by atoms with Gasteiger partial charge in [-0.3, -0.25) is 0 Å². The molecule has 0 aromatic heterocycles. The van der Waals surface area contributed by atoms with Crippen LogP contribution in [-0.2, 0) is 19.9 Å². The Hall–Kier alpha value is -0.830. The van der Waals surface area contributed by atoms with Crippen molar-refractivity contribution in [1.82, 2.24) is 4.31 Å². The summed E-state index contributed by atoms with van der Waals surface area (Å²) in [4.78, 5) is -0.0481. The van der Waals surface area contributed by atoms with Crippen LogP contribution in [0.2, 0.25) is 5.02 Å². The zero-order chi connectivity index (χ0) is 15.1. The Bertz CT molecular complexity index is 731. The predicted molar refractivity (Wildman–Crippen MR) is 77.9 cm³/mol. The number of hydrogen-bond acceptors (Lipinski definition) is 5. The zero-order valence-corrected chi connectivity index (χ0v) is 13.2. The zero-order valence-electron chi connectivity index (χ0n) is 10.8. The average molecular weight is 339 g/mol. The van der Waals surface area contributed by atoms with Crippen molar-refractivity contribution in [3.05, 3.63) is 23.2 Å². The minimum absolute atomic E-state index is 0.0481. The monoisotopic (exact) mass is 338 g/mol. The van der Waals surface area contributed by atoms with Gasteiger partial charge in [-0.2, -0.15) is 4.31 Å². The molecule has 1 unspecified atom stereocenters. The summed E-state index contributed by atoms with van der Waals surface area (Å²) in [6, 6.07) is 3.52. The topological polar surface area (TPSA) is 97.5 Å². The molecule has 1 aliphatic rings. The Kier molecular flexibility index (Phi) is 4.03. The maximum absolute atomic E-state index is 12.5. The first-order valence-electron chi connectivity index (χ1n) is 5.91. The molecule has 9 heteroatoms. The number of sulfone groups is 1. The number of sulfonamides is 1. The lowest BCUT2D eigenvalue weighted by Crippen LogP contribution is -2.49. The van der Waals surface area contributed by atoms with Crippen LogP contribution in [0.3, 0.4) is 0 Å². The first kappa shape index (κ1) is 15.6. The Morgan fingerprint density at radius 1 is 1.40 bits per heavy atom. The van der Waals surface area contributed by atoms with E-state index in [4.69, 9.17) is 17.3 Å². The quantitative estimate of drug-likeness (QED) is 0.802. The van der Waals surface area contributed by atoms with E-state index in [1.807, 2.05) is 0 Å². The van der Waals surface area contributed by atoms with Gasteiger partial charge in [-0.25, -0.2) is 16.8 Å². The van der Waals surface area contributed by atoms with E-state index in [1.54, 1.807) is 6.92 Å². The normalized spacial score (nSPS) is 23.6. The van der Waals surface area contributed by atoms with Crippen LogP contribution in [0.5, 0.6) is 0 Å². The largest absolute Gasteiger partial charge is 0.398 e. The lowest BCUT2D eigenvalue weighted by Gasteiger charge is -2.32. The van der Waals surface area contributed by atoms with Crippen molar-refractivity contribution in [2.45, 2.75) is 17.9 Å². The summed E-state index contributed by atoms with van der Waals surface area (Å²) in [6.07, 6.45) is 0. The fourth-order valence-electron chi connectivity index (χ4n) is 2.22. The molecule has 112 valence electrons. The molecule has 0 bridgehead atoms. The molecule has 0 spiro atoms. The first-order valence-corrected chi connectivity index (χ1v) is 9.55. The Balaban J connectivity index is 2.41. The van der Waals surface area contributed by atoms with E-state index < -0.39 is 25.9 Å². The predicted octanol–water partition coefficient (Wildman–Crippen LogP) is 0.730. The highest BCUT2D eigenvalue weighted by Crippen LogP contribution is 2.28. The third kappa shape index (κ3) is 2.93.